The van der Waals surface area contributed by atoms with Gasteiger partial charge in [-0.3, -0.25) is 9.59 Å². The van der Waals surface area contributed by atoms with E-state index < -0.39 is 16.1 Å². The lowest BCUT2D eigenvalue weighted by atomic mass is 10.1. The highest BCUT2D eigenvalue weighted by molar-refractivity contribution is 7.89. The van der Waals surface area contributed by atoms with E-state index in [1.165, 1.54) is 11.2 Å². The molecule has 0 radical (unpaired) electrons. The molecule has 30 heavy (non-hydrogen) atoms. The Bertz CT molecular complexity index is 1060. The average Bonchev–Trinajstić information content (AvgIpc) is 3.12. The molecule has 0 bridgehead atoms. The molecule has 2 amide bonds. The molecular formula is C22H27N3O4S. The summed E-state index contributed by atoms with van der Waals surface area (Å²) in [5.41, 5.74) is 3.54. The van der Waals surface area contributed by atoms with Crippen molar-refractivity contribution in [2.24, 2.45) is 0 Å². The van der Waals surface area contributed by atoms with Crippen molar-refractivity contribution in [3.05, 3.63) is 53.1 Å². The van der Waals surface area contributed by atoms with Gasteiger partial charge >= 0.3 is 0 Å². The number of benzene rings is 2. The first kappa shape index (κ1) is 22.0. The molecule has 1 aliphatic rings. The number of nitrogens with zero attached hydrogens (tertiary/aromatic N) is 1. The summed E-state index contributed by atoms with van der Waals surface area (Å²) in [5.74, 6) is -0.536. The molecule has 7 nitrogen and oxygen atoms in total. The minimum absolute atomic E-state index is 0.180. The third-order valence-electron chi connectivity index (χ3n) is 5.15. The molecule has 0 unspecified atom stereocenters. The zero-order chi connectivity index (χ0) is 22.1. The van der Waals surface area contributed by atoms with Crippen LogP contribution in [0.3, 0.4) is 0 Å². The van der Waals surface area contributed by atoms with E-state index in [1.807, 2.05) is 19.1 Å². The Kier molecular flexibility index (Phi) is 6.28. The number of carbonyl (C=O) groups is 2. The van der Waals surface area contributed by atoms with Crippen molar-refractivity contribution < 1.29 is 18.0 Å². The predicted octanol–water partition coefficient (Wildman–Crippen LogP) is 3.36. The zero-order valence-electron chi connectivity index (χ0n) is 17.7. The molecule has 2 aromatic carbocycles. The second-order valence-electron chi connectivity index (χ2n) is 7.75. The summed E-state index contributed by atoms with van der Waals surface area (Å²) in [5, 5.41) is 5.46. The molecule has 2 N–H and O–H groups in total. The van der Waals surface area contributed by atoms with Crippen LogP contribution in [0, 0.1) is 20.8 Å². The third-order valence-corrected chi connectivity index (χ3v) is 7.36. The number of rotatable bonds is 5. The Morgan fingerprint density at radius 1 is 0.967 bits per heavy atom. The lowest BCUT2D eigenvalue weighted by Crippen LogP contribution is -2.43. The topological polar surface area (TPSA) is 95.6 Å². The van der Waals surface area contributed by atoms with Gasteiger partial charge in [0.1, 0.15) is 6.04 Å². The van der Waals surface area contributed by atoms with E-state index in [1.54, 1.807) is 38.1 Å². The van der Waals surface area contributed by atoms with Gasteiger partial charge in [-0.25, -0.2) is 8.42 Å². The molecule has 0 aliphatic carbocycles. The van der Waals surface area contributed by atoms with Crippen LogP contribution in [0.15, 0.2) is 41.3 Å². The highest BCUT2D eigenvalue weighted by Gasteiger charge is 2.40. The van der Waals surface area contributed by atoms with E-state index in [-0.39, 0.29) is 16.7 Å². The summed E-state index contributed by atoms with van der Waals surface area (Å²) in [7, 11) is -3.80. The largest absolute Gasteiger partial charge is 0.326 e. The second-order valence-corrected chi connectivity index (χ2v) is 9.58. The fourth-order valence-corrected chi connectivity index (χ4v) is 6.12. The van der Waals surface area contributed by atoms with Crippen LogP contribution in [0.1, 0.15) is 36.5 Å². The Morgan fingerprint density at radius 3 is 2.03 bits per heavy atom. The Morgan fingerprint density at radius 2 is 1.50 bits per heavy atom. The molecule has 1 saturated heterocycles. The maximum absolute atomic E-state index is 13.4. The predicted molar refractivity (Wildman–Crippen MR) is 117 cm³/mol. The van der Waals surface area contributed by atoms with Gasteiger partial charge in [-0.05, 0) is 69.0 Å². The average molecular weight is 430 g/mol. The van der Waals surface area contributed by atoms with Gasteiger partial charge in [-0.15, -0.1) is 0 Å². The summed E-state index contributed by atoms with van der Waals surface area (Å²) in [6.45, 7) is 7.24. The molecule has 1 atom stereocenters. The molecule has 3 rings (SSSR count). The monoisotopic (exact) mass is 429 g/mol. The van der Waals surface area contributed by atoms with E-state index in [0.717, 1.165) is 5.56 Å². The van der Waals surface area contributed by atoms with Crippen LogP contribution < -0.4 is 10.6 Å². The number of nitrogens with one attached hydrogen (secondary N) is 2. The normalized spacial score (nSPS) is 17.0. The van der Waals surface area contributed by atoms with E-state index in [9.17, 15) is 18.0 Å². The van der Waals surface area contributed by atoms with Crippen LogP contribution in [0.5, 0.6) is 0 Å². The highest BCUT2D eigenvalue weighted by atomic mass is 32.2. The van der Waals surface area contributed by atoms with Gasteiger partial charge in [-0.2, -0.15) is 4.31 Å². The fourth-order valence-electron chi connectivity index (χ4n) is 4.05. The van der Waals surface area contributed by atoms with Crippen molar-refractivity contribution in [1.29, 1.82) is 0 Å². The molecule has 0 spiro atoms. The highest BCUT2D eigenvalue weighted by Crippen LogP contribution is 2.31. The molecule has 1 aliphatic heterocycles. The van der Waals surface area contributed by atoms with Crippen LogP contribution in [0.2, 0.25) is 0 Å². The molecule has 0 aromatic heterocycles. The van der Waals surface area contributed by atoms with Crippen LogP contribution in [-0.4, -0.2) is 37.1 Å². The number of anilines is 2. The van der Waals surface area contributed by atoms with Crippen LogP contribution in [0.25, 0.3) is 0 Å². The Balaban J connectivity index is 1.81. The summed E-state index contributed by atoms with van der Waals surface area (Å²) in [6.07, 6.45) is 1.10. The summed E-state index contributed by atoms with van der Waals surface area (Å²) in [4.78, 5) is 24.3. The lowest BCUT2D eigenvalue weighted by molar-refractivity contribution is -0.119. The van der Waals surface area contributed by atoms with E-state index in [4.69, 9.17) is 0 Å². The number of aryl methyl sites for hydroxylation is 3. The molecular weight excluding hydrogens is 402 g/mol. The van der Waals surface area contributed by atoms with Gasteiger partial charge in [0.15, 0.2) is 0 Å². The quantitative estimate of drug-likeness (QED) is 0.762. The first-order valence-electron chi connectivity index (χ1n) is 9.88. The molecule has 1 fully saturated rings. The molecule has 160 valence electrons. The summed E-state index contributed by atoms with van der Waals surface area (Å²) < 4.78 is 28.1. The standard InChI is InChI=1S/C22H27N3O4S/c1-14-12-15(2)21(16(3)13-14)30(28,29)25-11-5-6-20(25)22(27)24-19-9-7-18(8-10-19)23-17(4)26/h7-10,12-13,20H,5-6,11H2,1-4H3,(H,23,26)(H,24,27)/t20-/m1/s1. The summed E-state index contributed by atoms with van der Waals surface area (Å²) >= 11 is 0. The van der Waals surface area contributed by atoms with Crippen LogP contribution in [-0.2, 0) is 19.6 Å². The second kappa shape index (κ2) is 8.57. The van der Waals surface area contributed by atoms with Crippen LogP contribution >= 0.6 is 0 Å². The Labute approximate surface area is 177 Å². The van der Waals surface area contributed by atoms with Gasteiger partial charge in [0.2, 0.25) is 21.8 Å². The first-order chi connectivity index (χ1) is 14.1. The molecule has 8 heteroatoms. The number of hydrogen-bond donors (Lipinski definition) is 2. The van der Waals surface area contributed by atoms with Gasteiger partial charge in [0.05, 0.1) is 4.90 Å². The SMILES string of the molecule is CC(=O)Nc1ccc(NC(=O)[C@H]2CCCN2S(=O)(=O)c2c(C)cc(C)cc2C)cc1. The molecule has 1 heterocycles. The van der Waals surface area contributed by atoms with Crippen molar-refractivity contribution >= 4 is 33.2 Å². The van der Waals surface area contributed by atoms with E-state index in [0.29, 0.717) is 41.9 Å². The first-order valence-corrected chi connectivity index (χ1v) is 11.3. The third kappa shape index (κ3) is 4.55. The number of sulfonamides is 1. The maximum Gasteiger partial charge on any atom is 0.244 e. The van der Waals surface area contributed by atoms with Crippen molar-refractivity contribution in [1.82, 2.24) is 4.31 Å². The number of carbonyl (C=O) groups excluding carboxylic acids is 2. The van der Waals surface area contributed by atoms with E-state index >= 15 is 0 Å². The van der Waals surface area contributed by atoms with Crippen molar-refractivity contribution in [3.8, 4) is 0 Å². The molecule has 2 aromatic rings. The number of amides is 2. The maximum atomic E-state index is 13.4. The van der Waals surface area contributed by atoms with Crippen molar-refractivity contribution in [3.63, 3.8) is 0 Å². The van der Waals surface area contributed by atoms with Crippen molar-refractivity contribution in [2.45, 2.75) is 51.5 Å². The Hall–Kier alpha value is -2.71. The lowest BCUT2D eigenvalue weighted by Gasteiger charge is -2.25. The van der Waals surface area contributed by atoms with Gasteiger partial charge < -0.3 is 10.6 Å². The smallest absolute Gasteiger partial charge is 0.244 e. The number of hydrogen-bond acceptors (Lipinski definition) is 4. The van der Waals surface area contributed by atoms with Gasteiger partial charge in [-0.1, -0.05) is 17.7 Å². The minimum atomic E-state index is -3.80. The minimum Gasteiger partial charge on any atom is -0.326 e. The fraction of sp³-hybridized carbons (Fsp3) is 0.364. The zero-order valence-corrected chi connectivity index (χ0v) is 18.5. The van der Waals surface area contributed by atoms with Gasteiger partial charge in [0, 0.05) is 24.8 Å². The molecule has 0 saturated carbocycles. The van der Waals surface area contributed by atoms with E-state index in [2.05, 4.69) is 10.6 Å². The van der Waals surface area contributed by atoms with Crippen LogP contribution in [0.4, 0.5) is 11.4 Å². The van der Waals surface area contributed by atoms with Gasteiger partial charge in [0.25, 0.3) is 0 Å². The van der Waals surface area contributed by atoms with Crippen molar-refractivity contribution in [2.75, 3.05) is 17.2 Å². The summed E-state index contributed by atoms with van der Waals surface area (Å²) in [6, 6.07) is 9.64.